The Hall–Kier alpha value is -1.92. The molecule has 1 heterocycles. The lowest BCUT2D eigenvalue weighted by Crippen LogP contribution is -2.36. The van der Waals surface area contributed by atoms with Gasteiger partial charge in [0, 0.05) is 24.5 Å². The van der Waals surface area contributed by atoms with Crippen molar-refractivity contribution in [2.45, 2.75) is 11.2 Å². The van der Waals surface area contributed by atoms with Gasteiger partial charge in [0.15, 0.2) is 0 Å². The molecule has 1 fully saturated rings. The number of hydrogen-bond donors (Lipinski definition) is 1. The summed E-state index contributed by atoms with van der Waals surface area (Å²) >= 11 is 3.35. The van der Waals surface area contributed by atoms with E-state index in [9.17, 15) is 9.18 Å². The van der Waals surface area contributed by atoms with Crippen LogP contribution >= 0.6 is 15.9 Å². The van der Waals surface area contributed by atoms with Crippen molar-refractivity contribution >= 4 is 33.2 Å². The molecule has 25 heavy (non-hydrogen) atoms. The summed E-state index contributed by atoms with van der Waals surface area (Å²) in [6.45, 7) is 3.22. The number of ether oxygens (including phenoxy) is 1. The standard InChI is InChI=1S/C19H20BrFN2O2/c20-17(13-14-3-1-2-4-18(14)21)19(24)22-15-5-7-16(8-6-15)23-9-11-25-12-10-23/h1-8,17H,9-13H2,(H,22,24). The van der Waals surface area contributed by atoms with E-state index in [0.29, 0.717) is 12.0 Å². The average molecular weight is 407 g/mol. The maximum absolute atomic E-state index is 13.7. The maximum atomic E-state index is 13.7. The molecule has 0 saturated carbocycles. The number of halogens is 2. The third kappa shape index (κ3) is 4.80. The Labute approximate surface area is 155 Å². The second-order valence-corrected chi connectivity index (χ2v) is 7.00. The Morgan fingerprint density at radius 3 is 2.52 bits per heavy atom. The second kappa shape index (κ2) is 8.45. The van der Waals surface area contributed by atoms with E-state index in [1.54, 1.807) is 18.2 Å². The number of nitrogens with zero attached hydrogens (tertiary/aromatic N) is 1. The highest BCUT2D eigenvalue weighted by Gasteiger charge is 2.18. The fourth-order valence-electron chi connectivity index (χ4n) is 2.75. The van der Waals surface area contributed by atoms with Gasteiger partial charge >= 0.3 is 0 Å². The van der Waals surface area contributed by atoms with Crippen molar-refractivity contribution in [1.29, 1.82) is 0 Å². The molecule has 132 valence electrons. The van der Waals surface area contributed by atoms with Crippen LogP contribution in [-0.4, -0.2) is 37.0 Å². The van der Waals surface area contributed by atoms with Gasteiger partial charge in [0.25, 0.3) is 0 Å². The number of anilines is 2. The minimum absolute atomic E-state index is 0.192. The summed E-state index contributed by atoms with van der Waals surface area (Å²) < 4.78 is 19.0. The van der Waals surface area contributed by atoms with Crippen LogP contribution in [0.25, 0.3) is 0 Å². The van der Waals surface area contributed by atoms with Gasteiger partial charge < -0.3 is 15.0 Å². The summed E-state index contributed by atoms with van der Waals surface area (Å²) in [5.41, 5.74) is 2.35. The second-order valence-electron chi connectivity index (χ2n) is 5.90. The van der Waals surface area contributed by atoms with Gasteiger partial charge in [-0.25, -0.2) is 4.39 Å². The Kier molecular flexibility index (Phi) is 6.04. The molecule has 6 heteroatoms. The number of nitrogens with one attached hydrogen (secondary N) is 1. The van der Waals surface area contributed by atoms with Crippen LogP contribution in [0, 0.1) is 5.82 Å². The Morgan fingerprint density at radius 2 is 1.84 bits per heavy atom. The Morgan fingerprint density at radius 1 is 1.16 bits per heavy atom. The molecule has 2 aromatic rings. The quantitative estimate of drug-likeness (QED) is 0.771. The SMILES string of the molecule is O=C(Nc1ccc(N2CCOCC2)cc1)C(Br)Cc1ccccc1F. The zero-order valence-electron chi connectivity index (χ0n) is 13.8. The first kappa shape index (κ1) is 17.9. The van der Waals surface area contributed by atoms with Gasteiger partial charge in [0.05, 0.1) is 18.0 Å². The van der Waals surface area contributed by atoms with Crippen molar-refractivity contribution in [2.24, 2.45) is 0 Å². The molecule has 0 spiro atoms. The van der Waals surface area contributed by atoms with E-state index in [4.69, 9.17) is 4.74 Å². The molecule has 1 N–H and O–H groups in total. The van der Waals surface area contributed by atoms with Crippen LogP contribution in [0.2, 0.25) is 0 Å². The first-order valence-corrected chi connectivity index (χ1v) is 9.16. The van der Waals surface area contributed by atoms with Gasteiger partial charge in [0.2, 0.25) is 5.91 Å². The summed E-state index contributed by atoms with van der Waals surface area (Å²) in [6, 6.07) is 14.2. The van der Waals surface area contributed by atoms with Crippen LogP contribution in [0.3, 0.4) is 0 Å². The number of hydrogen-bond acceptors (Lipinski definition) is 3. The van der Waals surface area contributed by atoms with Crippen molar-refractivity contribution < 1.29 is 13.9 Å². The third-order valence-corrected chi connectivity index (χ3v) is 4.89. The van der Waals surface area contributed by atoms with Crippen LogP contribution < -0.4 is 10.2 Å². The Balaban J connectivity index is 1.57. The van der Waals surface area contributed by atoms with Gasteiger partial charge in [-0.05, 0) is 42.3 Å². The first-order valence-electron chi connectivity index (χ1n) is 8.24. The molecule has 3 rings (SSSR count). The lowest BCUT2D eigenvalue weighted by Gasteiger charge is -2.28. The summed E-state index contributed by atoms with van der Waals surface area (Å²) in [7, 11) is 0. The highest BCUT2D eigenvalue weighted by atomic mass is 79.9. The van der Waals surface area contributed by atoms with Gasteiger partial charge in [-0.15, -0.1) is 0 Å². The van der Waals surface area contributed by atoms with Crippen LogP contribution in [0.5, 0.6) is 0 Å². The van der Waals surface area contributed by atoms with E-state index < -0.39 is 4.83 Å². The fraction of sp³-hybridized carbons (Fsp3) is 0.316. The van der Waals surface area contributed by atoms with Gasteiger partial charge in [0.1, 0.15) is 5.82 Å². The third-order valence-electron chi connectivity index (χ3n) is 4.15. The molecule has 1 unspecified atom stereocenters. The average Bonchev–Trinajstić information content (AvgIpc) is 2.65. The lowest BCUT2D eigenvalue weighted by molar-refractivity contribution is -0.115. The molecule has 1 aliphatic heterocycles. The van der Waals surface area contributed by atoms with Crippen LogP contribution in [-0.2, 0) is 16.0 Å². The smallest absolute Gasteiger partial charge is 0.238 e. The molecule has 2 aromatic carbocycles. The summed E-state index contributed by atoms with van der Waals surface area (Å²) in [4.78, 5) is 14.1. The van der Waals surface area contributed by atoms with Gasteiger partial charge in [-0.3, -0.25) is 4.79 Å². The fourth-order valence-corrected chi connectivity index (χ4v) is 3.21. The highest BCUT2D eigenvalue weighted by Crippen LogP contribution is 2.20. The van der Waals surface area contributed by atoms with Crippen molar-refractivity contribution in [2.75, 3.05) is 36.5 Å². The summed E-state index contributed by atoms with van der Waals surface area (Å²) in [5, 5.41) is 2.86. The molecule has 0 aromatic heterocycles. The van der Waals surface area contributed by atoms with Crippen LogP contribution in [0.4, 0.5) is 15.8 Å². The first-order chi connectivity index (χ1) is 12.1. The topological polar surface area (TPSA) is 41.6 Å². The monoisotopic (exact) mass is 406 g/mol. The largest absolute Gasteiger partial charge is 0.378 e. The number of amides is 1. The van der Waals surface area contributed by atoms with E-state index in [1.165, 1.54) is 6.07 Å². The Bertz CT molecular complexity index is 718. The van der Waals surface area contributed by atoms with E-state index in [0.717, 1.165) is 37.7 Å². The van der Waals surface area contributed by atoms with E-state index in [2.05, 4.69) is 26.1 Å². The predicted octanol–water partition coefficient (Wildman–Crippen LogP) is 3.61. The molecular formula is C19H20BrFN2O2. The van der Waals surface area contributed by atoms with Crippen molar-refractivity contribution in [3.63, 3.8) is 0 Å². The van der Waals surface area contributed by atoms with Crippen LogP contribution in [0.15, 0.2) is 48.5 Å². The molecule has 0 bridgehead atoms. The lowest BCUT2D eigenvalue weighted by atomic mass is 10.1. The molecule has 0 aliphatic carbocycles. The zero-order valence-corrected chi connectivity index (χ0v) is 15.3. The molecule has 1 amide bonds. The zero-order chi connectivity index (χ0) is 17.6. The van der Waals surface area contributed by atoms with E-state index >= 15 is 0 Å². The number of carbonyl (C=O) groups is 1. The molecule has 0 radical (unpaired) electrons. The number of alkyl halides is 1. The van der Waals surface area contributed by atoms with Crippen molar-refractivity contribution in [3.05, 3.63) is 59.9 Å². The molecule has 1 aliphatic rings. The minimum atomic E-state index is -0.497. The van der Waals surface area contributed by atoms with E-state index in [-0.39, 0.29) is 11.7 Å². The number of benzene rings is 2. The number of rotatable bonds is 5. The summed E-state index contributed by atoms with van der Waals surface area (Å²) in [6.07, 6.45) is 0.296. The van der Waals surface area contributed by atoms with Crippen molar-refractivity contribution in [1.82, 2.24) is 0 Å². The predicted molar refractivity (Wildman–Crippen MR) is 101 cm³/mol. The van der Waals surface area contributed by atoms with E-state index in [1.807, 2.05) is 24.3 Å². The highest BCUT2D eigenvalue weighted by molar-refractivity contribution is 9.10. The molecule has 1 atom stereocenters. The number of carbonyl (C=O) groups excluding carboxylic acids is 1. The normalized spacial score (nSPS) is 15.7. The number of morpholine rings is 1. The van der Waals surface area contributed by atoms with Gasteiger partial charge in [-0.2, -0.15) is 0 Å². The molecule has 4 nitrogen and oxygen atoms in total. The van der Waals surface area contributed by atoms with Crippen LogP contribution in [0.1, 0.15) is 5.56 Å². The summed E-state index contributed by atoms with van der Waals surface area (Å²) in [5.74, 6) is -0.489. The minimum Gasteiger partial charge on any atom is -0.378 e. The van der Waals surface area contributed by atoms with Gasteiger partial charge in [-0.1, -0.05) is 34.1 Å². The molecular weight excluding hydrogens is 387 g/mol. The van der Waals surface area contributed by atoms with Crippen molar-refractivity contribution in [3.8, 4) is 0 Å². The maximum Gasteiger partial charge on any atom is 0.238 e. The molecule has 1 saturated heterocycles.